The number of carbonyl (C=O) groups excluding carboxylic acids is 1. The van der Waals surface area contributed by atoms with Gasteiger partial charge < -0.3 is 14.8 Å². The van der Waals surface area contributed by atoms with E-state index >= 15 is 0 Å². The molecule has 0 aliphatic carbocycles. The number of aromatic nitrogens is 2. The lowest BCUT2D eigenvalue weighted by atomic mass is 9.99. The zero-order valence-corrected chi connectivity index (χ0v) is 14.6. The minimum atomic E-state index is -0.327. The second-order valence-electron chi connectivity index (χ2n) is 6.22. The van der Waals surface area contributed by atoms with Gasteiger partial charge in [-0.25, -0.2) is 4.39 Å². The fourth-order valence-corrected chi connectivity index (χ4v) is 3.20. The van der Waals surface area contributed by atoms with Gasteiger partial charge in [0.2, 0.25) is 0 Å². The van der Waals surface area contributed by atoms with E-state index < -0.39 is 0 Å². The van der Waals surface area contributed by atoms with Gasteiger partial charge in [0.25, 0.3) is 5.91 Å². The van der Waals surface area contributed by atoms with Gasteiger partial charge in [-0.1, -0.05) is 0 Å². The number of benzene rings is 1. The lowest BCUT2D eigenvalue weighted by Crippen LogP contribution is -2.29. The van der Waals surface area contributed by atoms with Gasteiger partial charge in [-0.3, -0.25) is 9.89 Å². The van der Waals surface area contributed by atoms with Crippen molar-refractivity contribution >= 4 is 5.91 Å². The SMILES string of the molecule is COc1ccc(F)cc1CCNC(=O)c1n[nH]c2c1C[C@H](C)O[C@@H]2C. The van der Waals surface area contributed by atoms with Crippen molar-refractivity contribution in [1.82, 2.24) is 15.5 Å². The van der Waals surface area contributed by atoms with Gasteiger partial charge in [0.05, 0.1) is 25.0 Å². The minimum Gasteiger partial charge on any atom is -0.496 e. The number of amides is 1. The van der Waals surface area contributed by atoms with E-state index in [1.807, 2.05) is 13.8 Å². The van der Waals surface area contributed by atoms with Crippen LogP contribution < -0.4 is 10.1 Å². The minimum absolute atomic E-state index is 0.0446. The number of rotatable bonds is 5. The topological polar surface area (TPSA) is 76.2 Å². The molecule has 2 N–H and O–H groups in total. The van der Waals surface area contributed by atoms with Crippen molar-refractivity contribution in [2.24, 2.45) is 0 Å². The van der Waals surface area contributed by atoms with Crippen LogP contribution in [-0.4, -0.2) is 35.9 Å². The largest absolute Gasteiger partial charge is 0.496 e. The number of aromatic amines is 1. The van der Waals surface area contributed by atoms with Crippen LogP contribution in [0.3, 0.4) is 0 Å². The number of hydrogen-bond donors (Lipinski definition) is 2. The van der Waals surface area contributed by atoms with E-state index in [2.05, 4.69) is 15.5 Å². The predicted octanol–water partition coefficient (Wildman–Crippen LogP) is 2.55. The molecule has 1 amide bonds. The number of nitrogens with one attached hydrogen (secondary N) is 2. The Labute approximate surface area is 145 Å². The van der Waals surface area contributed by atoms with Crippen LogP contribution in [0.2, 0.25) is 0 Å². The van der Waals surface area contributed by atoms with E-state index in [-0.39, 0.29) is 23.9 Å². The molecule has 1 aliphatic heterocycles. The van der Waals surface area contributed by atoms with Gasteiger partial charge in [-0.15, -0.1) is 0 Å². The lowest BCUT2D eigenvalue weighted by Gasteiger charge is -2.25. The molecule has 1 aliphatic rings. The fraction of sp³-hybridized carbons (Fsp3) is 0.444. The smallest absolute Gasteiger partial charge is 0.272 e. The first-order chi connectivity index (χ1) is 12.0. The molecule has 0 fully saturated rings. The standard InChI is InChI=1S/C18H22FN3O3/c1-10-8-14-16(11(2)25-10)21-22-17(14)18(23)20-7-6-12-9-13(19)4-5-15(12)24-3/h4-5,9-11H,6-8H2,1-3H3,(H,20,23)(H,21,22)/t10-,11+/m0/s1. The fourth-order valence-electron chi connectivity index (χ4n) is 3.20. The van der Waals surface area contributed by atoms with Crippen LogP contribution in [-0.2, 0) is 17.6 Å². The summed E-state index contributed by atoms with van der Waals surface area (Å²) in [6.45, 7) is 4.27. The highest BCUT2D eigenvalue weighted by atomic mass is 19.1. The van der Waals surface area contributed by atoms with Crippen LogP contribution in [0.4, 0.5) is 4.39 Å². The Kier molecular flexibility index (Phi) is 5.03. The van der Waals surface area contributed by atoms with Gasteiger partial charge in [0.15, 0.2) is 5.69 Å². The number of ether oxygens (including phenoxy) is 2. The normalized spacial score (nSPS) is 19.4. The first-order valence-corrected chi connectivity index (χ1v) is 8.32. The summed E-state index contributed by atoms with van der Waals surface area (Å²) in [6, 6.07) is 4.35. The first-order valence-electron chi connectivity index (χ1n) is 8.32. The number of fused-ring (bicyclic) bond motifs is 1. The van der Waals surface area contributed by atoms with Crippen molar-refractivity contribution in [2.75, 3.05) is 13.7 Å². The van der Waals surface area contributed by atoms with Crippen molar-refractivity contribution < 1.29 is 18.7 Å². The van der Waals surface area contributed by atoms with Crippen LogP contribution in [0.15, 0.2) is 18.2 Å². The van der Waals surface area contributed by atoms with E-state index in [1.54, 1.807) is 6.07 Å². The van der Waals surface area contributed by atoms with Crippen molar-refractivity contribution in [3.05, 3.63) is 46.5 Å². The molecule has 6 nitrogen and oxygen atoms in total. The summed E-state index contributed by atoms with van der Waals surface area (Å²) in [5.74, 6) is 0.0354. The maximum atomic E-state index is 13.4. The average molecular weight is 347 g/mol. The zero-order chi connectivity index (χ0) is 18.0. The molecule has 3 rings (SSSR count). The molecule has 0 saturated heterocycles. The molecule has 2 atom stereocenters. The Hall–Kier alpha value is -2.41. The molecule has 0 spiro atoms. The molecule has 2 heterocycles. The van der Waals surface area contributed by atoms with Crippen LogP contribution in [0, 0.1) is 5.82 Å². The highest BCUT2D eigenvalue weighted by Gasteiger charge is 2.29. The molecule has 2 aromatic rings. The molecule has 0 bridgehead atoms. The third-order valence-electron chi connectivity index (χ3n) is 4.37. The molecule has 0 radical (unpaired) electrons. The summed E-state index contributed by atoms with van der Waals surface area (Å²) in [5, 5.41) is 9.90. The van der Waals surface area contributed by atoms with Gasteiger partial charge >= 0.3 is 0 Å². The third-order valence-corrected chi connectivity index (χ3v) is 4.37. The van der Waals surface area contributed by atoms with E-state index in [4.69, 9.17) is 9.47 Å². The summed E-state index contributed by atoms with van der Waals surface area (Å²) < 4.78 is 24.3. The van der Waals surface area contributed by atoms with E-state index in [0.717, 1.165) is 11.3 Å². The first kappa shape index (κ1) is 17.4. The monoisotopic (exact) mass is 347 g/mol. The summed E-state index contributed by atoms with van der Waals surface area (Å²) in [6.07, 6.45) is 1.05. The molecule has 1 aromatic heterocycles. The number of hydrogen-bond acceptors (Lipinski definition) is 4. The van der Waals surface area contributed by atoms with Crippen LogP contribution in [0.5, 0.6) is 5.75 Å². The van der Waals surface area contributed by atoms with Gasteiger partial charge in [-0.05, 0) is 44.0 Å². The Morgan fingerprint density at radius 1 is 1.48 bits per heavy atom. The number of halogens is 1. The summed E-state index contributed by atoms with van der Waals surface area (Å²) in [7, 11) is 1.54. The van der Waals surface area contributed by atoms with Crippen LogP contribution >= 0.6 is 0 Å². The average Bonchev–Trinajstić information content (AvgIpc) is 2.99. The number of H-pyrrole nitrogens is 1. The molecule has 0 unspecified atom stereocenters. The van der Waals surface area contributed by atoms with E-state index in [1.165, 1.54) is 19.2 Å². The van der Waals surface area contributed by atoms with Crippen molar-refractivity contribution in [3.8, 4) is 5.75 Å². The summed E-state index contributed by atoms with van der Waals surface area (Å²) >= 11 is 0. The molecule has 1 aromatic carbocycles. The van der Waals surface area contributed by atoms with E-state index in [9.17, 15) is 9.18 Å². The lowest BCUT2D eigenvalue weighted by molar-refractivity contribution is -0.00697. The highest BCUT2D eigenvalue weighted by Crippen LogP contribution is 2.30. The van der Waals surface area contributed by atoms with Gasteiger partial charge in [0, 0.05) is 18.5 Å². The van der Waals surface area contributed by atoms with Crippen molar-refractivity contribution in [2.45, 2.75) is 38.9 Å². The Morgan fingerprint density at radius 3 is 3.04 bits per heavy atom. The van der Waals surface area contributed by atoms with Crippen molar-refractivity contribution in [1.29, 1.82) is 0 Å². The Bertz CT molecular complexity index is 775. The van der Waals surface area contributed by atoms with Crippen molar-refractivity contribution in [3.63, 3.8) is 0 Å². The molecular formula is C18H22FN3O3. The Morgan fingerprint density at radius 2 is 2.28 bits per heavy atom. The third kappa shape index (κ3) is 3.66. The summed E-state index contributed by atoms with van der Waals surface area (Å²) in [5.41, 5.74) is 2.88. The zero-order valence-electron chi connectivity index (χ0n) is 14.6. The molecule has 7 heteroatoms. The predicted molar refractivity (Wildman–Crippen MR) is 90.2 cm³/mol. The van der Waals surface area contributed by atoms with Gasteiger partial charge in [0.1, 0.15) is 11.6 Å². The van der Waals surface area contributed by atoms with Crippen LogP contribution in [0.25, 0.3) is 0 Å². The number of nitrogens with zero attached hydrogens (tertiary/aromatic N) is 1. The molecular weight excluding hydrogens is 325 g/mol. The van der Waals surface area contributed by atoms with Crippen LogP contribution in [0.1, 0.15) is 47.3 Å². The Balaban J connectivity index is 1.65. The second kappa shape index (κ2) is 7.23. The summed E-state index contributed by atoms with van der Waals surface area (Å²) in [4.78, 5) is 12.5. The van der Waals surface area contributed by atoms with E-state index in [0.29, 0.717) is 36.4 Å². The number of methoxy groups -OCH3 is 1. The molecule has 25 heavy (non-hydrogen) atoms. The second-order valence-corrected chi connectivity index (χ2v) is 6.22. The molecule has 0 saturated carbocycles. The van der Waals surface area contributed by atoms with Gasteiger partial charge in [-0.2, -0.15) is 5.10 Å². The maximum absolute atomic E-state index is 13.4. The maximum Gasteiger partial charge on any atom is 0.272 e. The number of carbonyl (C=O) groups is 1. The quantitative estimate of drug-likeness (QED) is 0.871. The molecule has 134 valence electrons. The highest BCUT2D eigenvalue weighted by molar-refractivity contribution is 5.94.